The van der Waals surface area contributed by atoms with Crippen LogP contribution in [0.5, 0.6) is 0 Å². The van der Waals surface area contributed by atoms with E-state index in [1.165, 1.54) is 0 Å². The third-order valence-corrected chi connectivity index (χ3v) is 6.77. The Bertz CT molecular complexity index is 974. The zero-order chi connectivity index (χ0) is 22.5. The van der Waals surface area contributed by atoms with E-state index in [1.54, 1.807) is 11.9 Å². The number of piperidine rings is 1. The van der Waals surface area contributed by atoms with Crippen LogP contribution in [-0.4, -0.2) is 70.2 Å². The Hall–Kier alpha value is -2.93. The lowest BCUT2D eigenvalue weighted by atomic mass is 9.89. The molecule has 1 aromatic heterocycles. The molecule has 0 spiro atoms. The second-order valence-electron chi connectivity index (χ2n) is 8.85. The molecule has 0 bridgehead atoms. The number of nitrogens with zero attached hydrogens (tertiary/aromatic N) is 4. The maximum atomic E-state index is 12.8. The summed E-state index contributed by atoms with van der Waals surface area (Å²) >= 11 is 0. The number of rotatable bonds is 7. The normalized spacial score (nSPS) is 19.2. The van der Waals surface area contributed by atoms with Gasteiger partial charge in [0, 0.05) is 49.8 Å². The van der Waals surface area contributed by atoms with Gasteiger partial charge in [-0.15, -0.1) is 0 Å². The molecule has 2 aliphatic heterocycles. The van der Waals surface area contributed by atoms with Crippen molar-refractivity contribution in [1.82, 2.24) is 14.4 Å². The molecular formula is C25H32N4O3. The smallest absolute Gasteiger partial charge is 0.270 e. The fraction of sp³-hybridized carbons (Fsp3) is 0.480. The molecule has 0 atom stereocenters. The number of benzene rings is 1. The average Bonchev–Trinajstić information content (AvgIpc) is 3.20. The standard InChI is InChI=1S/C25H32N4O3/c1-27-15-12-22(26-32)21-11-18-29(23(21)25(27)31)14-6-5-13-28-16-9-20(10-17-28)24(30)19-7-3-2-4-8-19/h2-4,7-8,11,18,20,32H,5-6,9-10,12-17H2,1H3. The zero-order valence-corrected chi connectivity index (χ0v) is 18.7. The summed E-state index contributed by atoms with van der Waals surface area (Å²) in [5, 5.41) is 12.8. The maximum Gasteiger partial charge on any atom is 0.270 e. The van der Waals surface area contributed by atoms with Gasteiger partial charge in [-0.05, 0) is 51.4 Å². The summed E-state index contributed by atoms with van der Waals surface area (Å²) < 4.78 is 2.00. The fourth-order valence-electron chi connectivity index (χ4n) is 4.80. The Morgan fingerprint density at radius 1 is 1.06 bits per heavy atom. The van der Waals surface area contributed by atoms with Crippen molar-refractivity contribution >= 4 is 17.4 Å². The van der Waals surface area contributed by atoms with Crippen LogP contribution in [0.25, 0.3) is 0 Å². The molecule has 0 radical (unpaired) electrons. The molecule has 1 aromatic carbocycles. The molecule has 4 rings (SSSR count). The molecule has 7 nitrogen and oxygen atoms in total. The van der Waals surface area contributed by atoms with Gasteiger partial charge in [0.25, 0.3) is 5.91 Å². The number of carbonyl (C=O) groups is 2. The van der Waals surface area contributed by atoms with E-state index in [4.69, 9.17) is 0 Å². The van der Waals surface area contributed by atoms with Crippen LogP contribution >= 0.6 is 0 Å². The van der Waals surface area contributed by atoms with Crippen LogP contribution in [-0.2, 0) is 6.54 Å². The molecule has 32 heavy (non-hydrogen) atoms. The number of likely N-dealkylation sites (tertiary alicyclic amines) is 1. The molecule has 2 aliphatic rings. The van der Waals surface area contributed by atoms with E-state index in [1.807, 2.05) is 47.2 Å². The number of unbranched alkanes of at least 4 members (excludes halogenated alkanes) is 1. The first kappa shape index (κ1) is 22.3. The van der Waals surface area contributed by atoms with E-state index < -0.39 is 0 Å². The van der Waals surface area contributed by atoms with Crippen LogP contribution in [0.2, 0.25) is 0 Å². The number of oxime groups is 1. The average molecular weight is 437 g/mol. The summed E-state index contributed by atoms with van der Waals surface area (Å²) in [7, 11) is 1.79. The first-order valence-corrected chi connectivity index (χ1v) is 11.6. The van der Waals surface area contributed by atoms with Gasteiger partial charge < -0.3 is 19.6 Å². The maximum absolute atomic E-state index is 12.8. The molecule has 2 aromatic rings. The molecule has 7 heteroatoms. The molecule has 3 heterocycles. The lowest BCUT2D eigenvalue weighted by Crippen LogP contribution is -2.37. The van der Waals surface area contributed by atoms with E-state index in [0.29, 0.717) is 24.4 Å². The number of hydrogen-bond acceptors (Lipinski definition) is 5. The van der Waals surface area contributed by atoms with Gasteiger partial charge in [0.05, 0.1) is 5.71 Å². The molecule has 170 valence electrons. The third-order valence-electron chi connectivity index (χ3n) is 6.77. The summed E-state index contributed by atoms with van der Waals surface area (Å²) in [4.78, 5) is 29.6. The summed E-state index contributed by atoms with van der Waals surface area (Å²) in [6, 6.07) is 11.5. The number of hydrogen-bond donors (Lipinski definition) is 1. The fourth-order valence-corrected chi connectivity index (χ4v) is 4.80. The number of ketones is 1. The van der Waals surface area contributed by atoms with E-state index in [0.717, 1.165) is 63.0 Å². The summed E-state index contributed by atoms with van der Waals surface area (Å²) in [5.74, 6) is 0.391. The van der Waals surface area contributed by atoms with Crippen LogP contribution in [0.15, 0.2) is 47.8 Å². The SMILES string of the molecule is CN1CCC(=NO)c2ccn(CCCCN3CCC(C(=O)c4ccccc4)CC3)c2C1=O. The second-order valence-corrected chi connectivity index (χ2v) is 8.85. The lowest BCUT2D eigenvalue weighted by Gasteiger charge is -2.31. The Morgan fingerprint density at radius 2 is 1.78 bits per heavy atom. The largest absolute Gasteiger partial charge is 0.411 e. The number of amides is 1. The van der Waals surface area contributed by atoms with Gasteiger partial charge in [-0.3, -0.25) is 9.59 Å². The minimum absolute atomic E-state index is 0.0196. The van der Waals surface area contributed by atoms with Gasteiger partial charge in [0.15, 0.2) is 5.78 Å². The molecule has 1 N–H and O–H groups in total. The molecular weight excluding hydrogens is 404 g/mol. The number of aromatic nitrogens is 1. The minimum atomic E-state index is -0.0196. The van der Waals surface area contributed by atoms with Crippen molar-refractivity contribution in [2.24, 2.45) is 11.1 Å². The lowest BCUT2D eigenvalue weighted by molar-refractivity contribution is 0.0788. The van der Waals surface area contributed by atoms with E-state index in [2.05, 4.69) is 10.1 Å². The van der Waals surface area contributed by atoms with Crippen molar-refractivity contribution in [2.75, 3.05) is 33.2 Å². The van der Waals surface area contributed by atoms with Crippen LogP contribution in [0.4, 0.5) is 0 Å². The minimum Gasteiger partial charge on any atom is -0.411 e. The second kappa shape index (κ2) is 10.1. The summed E-state index contributed by atoms with van der Waals surface area (Å²) in [6.07, 6.45) is 6.32. The zero-order valence-electron chi connectivity index (χ0n) is 18.7. The van der Waals surface area contributed by atoms with Gasteiger partial charge >= 0.3 is 0 Å². The van der Waals surface area contributed by atoms with Crippen LogP contribution < -0.4 is 0 Å². The highest BCUT2D eigenvalue weighted by Crippen LogP contribution is 2.23. The highest BCUT2D eigenvalue weighted by atomic mass is 16.4. The van der Waals surface area contributed by atoms with E-state index >= 15 is 0 Å². The Morgan fingerprint density at radius 3 is 2.50 bits per heavy atom. The summed E-state index contributed by atoms with van der Waals surface area (Å²) in [6.45, 7) is 4.24. The molecule has 1 saturated heterocycles. The van der Waals surface area contributed by atoms with Gasteiger partial charge in [-0.2, -0.15) is 0 Å². The van der Waals surface area contributed by atoms with Crippen molar-refractivity contribution in [3.8, 4) is 0 Å². The molecule has 1 fully saturated rings. The highest BCUT2D eigenvalue weighted by Gasteiger charge is 2.28. The Balaban J connectivity index is 1.25. The van der Waals surface area contributed by atoms with Crippen LogP contribution in [0, 0.1) is 5.92 Å². The van der Waals surface area contributed by atoms with Crippen molar-refractivity contribution in [2.45, 2.75) is 38.6 Å². The van der Waals surface area contributed by atoms with Crippen LogP contribution in [0.1, 0.15) is 58.5 Å². The predicted molar refractivity (Wildman–Crippen MR) is 124 cm³/mol. The summed E-state index contributed by atoms with van der Waals surface area (Å²) in [5.41, 5.74) is 2.76. The quantitative estimate of drug-likeness (QED) is 0.312. The number of Topliss-reactive ketones (excluding diaryl/α,β-unsaturated/α-hetero) is 1. The first-order valence-electron chi connectivity index (χ1n) is 11.6. The predicted octanol–water partition coefficient (Wildman–Crippen LogP) is 3.52. The van der Waals surface area contributed by atoms with Crippen molar-refractivity contribution in [3.63, 3.8) is 0 Å². The molecule has 0 saturated carbocycles. The third kappa shape index (κ3) is 4.78. The van der Waals surface area contributed by atoms with Gasteiger partial charge in [-0.25, -0.2) is 0 Å². The van der Waals surface area contributed by atoms with Crippen molar-refractivity contribution in [3.05, 3.63) is 59.4 Å². The Kier molecular flexibility index (Phi) is 7.05. The Labute approximate surface area is 189 Å². The number of fused-ring (bicyclic) bond motifs is 1. The van der Waals surface area contributed by atoms with Crippen molar-refractivity contribution < 1.29 is 14.8 Å². The van der Waals surface area contributed by atoms with Crippen LogP contribution in [0.3, 0.4) is 0 Å². The monoisotopic (exact) mass is 436 g/mol. The van der Waals surface area contributed by atoms with Gasteiger partial charge in [0.2, 0.25) is 0 Å². The number of aryl methyl sites for hydroxylation is 1. The number of carbonyl (C=O) groups excluding carboxylic acids is 2. The molecule has 1 amide bonds. The van der Waals surface area contributed by atoms with E-state index in [-0.39, 0.29) is 17.6 Å². The van der Waals surface area contributed by atoms with E-state index in [9.17, 15) is 14.8 Å². The van der Waals surface area contributed by atoms with Gasteiger partial charge in [-0.1, -0.05) is 35.5 Å². The molecule has 0 unspecified atom stereocenters. The first-order chi connectivity index (χ1) is 15.6. The van der Waals surface area contributed by atoms with Crippen molar-refractivity contribution in [1.29, 1.82) is 0 Å². The topological polar surface area (TPSA) is 78.1 Å². The molecule has 0 aliphatic carbocycles. The highest BCUT2D eigenvalue weighted by molar-refractivity contribution is 6.11. The van der Waals surface area contributed by atoms with Gasteiger partial charge in [0.1, 0.15) is 5.69 Å².